The summed E-state index contributed by atoms with van der Waals surface area (Å²) in [5.41, 5.74) is 5.11. The van der Waals surface area contributed by atoms with Gasteiger partial charge in [0.25, 0.3) is 5.91 Å². The van der Waals surface area contributed by atoms with E-state index in [1.54, 1.807) is 13.8 Å². The highest BCUT2D eigenvalue weighted by molar-refractivity contribution is 6.00. The lowest BCUT2D eigenvalue weighted by Gasteiger charge is -2.22. The largest absolute Gasteiger partial charge is 0.480 e. The zero-order chi connectivity index (χ0) is 9.89. The van der Waals surface area contributed by atoms with Crippen LogP contribution in [0, 0.1) is 0 Å². The third-order valence-electron chi connectivity index (χ3n) is 1.65. The first-order valence-corrected chi connectivity index (χ1v) is 3.63. The number of nitrogens with zero attached hydrogens (tertiary/aromatic N) is 1. The van der Waals surface area contributed by atoms with Crippen LogP contribution in [0.4, 0.5) is 0 Å². The molecule has 1 amide bonds. The van der Waals surface area contributed by atoms with Gasteiger partial charge in [0.1, 0.15) is 0 Å². The summed E-state index contributed by atoms with van der Waals surface area (Å²) >= 11 is 0. The zero-order valence-corrected chi connectivity index (χ0v) is 7.44. The van der Waals surface area contributed by atoms with Gasteiger partial charge in [0, 0.05) is 13.1 Å². The molecule has 0 fully saturated rings. The first-order chi connectivity index (χ1) is 5.37. The molecule has 1 unspecified atom stereocenters. The summed E-state index contributed by atoms with van der Waals surface area (Å²) in [6, 6.07) is -1.49. The molecule has 0 aromatic heterocycles. The molecule has 0 saturated heterocycles. The Kier molecular flexibility index (Phi) is 3.69. The molecule has 0 aromatic rings. The standard InChI is InChI=1S/C7H14N2O3/c1-4(2)9(3)6(10)5(8)7(11)12/h4-5H,8H2,1-3H3,(H,11,12). The number of likely N-dealkylation sites (N-methyl/N-ethyl adjacent to an activating group) is 1. The number of aliphatic carboxylic acids is 1. The molecular weight excluding hydrogens is 160 g/mol. The Morgan fingerprint density at radius 1 is 1.42 bits per heavy atom. The first kappa shape index (κ1) is 10.9. The maximum atomic E-state index is 11.1. The molecule has 5 nitrogen and oxygen atoms in total. The van der Waals surface area contributed by atoms with Crippen LogP contribution >= 0.6 is 0 Å². The maximum absolute atomic E-state index is 11.1. The number of hydrogen-bond acceptors (Lipinski definition) is 3. The highest BCUT2D eigenvalue weighted by Gasteiger charge is 2.25. The van der Waals surface area contributed by atoms with E-state index in [9.17, 15) is 9.59 Å². The van der Waals surface area contributed by atoms with Crippen molar-refractivity contribution in [1.29, 1.82) is 0 Å². The molecule has 0 saturated carbocycles. The van der Waals surface area contributed by atoms with Crippen molar-refractivity contribution < 1.29 is 14.7 Å². The molecule has 1 atom stereocenters. The van der Waals surface area contributed by atoms with Crippen molar-refractivity contribution in [3.63, 3.8) is 0 Å². The van der Waals surface area contributed by atoms with Crippen molar-refractivity contribution in [3.8, 4) is 0 Å². The minimum Gasteiger partial charge on any atom is -0.480 e. The van der Waals surface area contributed by atoms with Gasteiger partial charge >= 0.3 is 5.97 Å². The number of rotatable bonds is 3. The zero-order valence-electron chi connectivity index (χ0n) is 7.44. The molecule has 0 bridgehead atoms. The van der Waals surface area contributed by atoms with E-state index < -0.39 is 17.9 Å². The van der Waals surface area contributed by atoms with E-state index in [-0.39, 0.29) is 6.04 Å². The molecular formula is C7H14N2O3. The van der Waals surface area contributed by atoms with Gasteiger partial charge in [-0.2, -0.15) is 0 Å². The van der Waals surface area contributed by atoms with Gasteiger partial charge in [-0.25, -0.2) is 4.79 Å². The van der Waals surface area contributed by atoms with E-state index in [4.69, 9.17) is 10.8 Å². The molecule has 12 heavy (non-hydrogen) atoms. The number of carboxylic acid groups (broad SMARTS) is 1. The predicted octanol–water partition coefficient (Wildman–Crippen LogP) is -0.735. The average Bonchev–Trinajstić information content (AvgIpc) is 2.00. The highest BCUT2D eigenvalue weighted by Crippen LogP contribution is 1.96. The Hall–Kier alpha value is -1.10. The molecule has 0 aliphatic heterocycles. The Balaban J connectivity index is 4.29. The van der Waals surface area contributed by atoms with Crippen LogP contribution in [0.3, 0.4) is 0 Å². The third kappa shape index (κ3) is 2.50. The van der Waals surface area contributed by atoms with Crippen LogP contribution in [0.5, 0.6) is 0 Å². The smallest absolute Gasteiger partial charge is 0.330 e. The summed E-state index contributed by atoms with van der Waals surface area (Å²) in [4.78, 5) is 22.7. The molecule has 0 aliphatic carbocycles. The summed E-state index contributed by atoms with van der Waals surface area (Å²) in [6.07, 6.45) is 0. The lowest BCUT2D eigenvalue weighted by Crippen LogP contribution is -2.48. The number of carbonyl (C=O) groups excluding carboxylic acids is 1. The van der Waals surface area contributed by atoms with Crippen molar-refractivity contribution in [3.05, 3.63) is 0 Å². The third-order valence-corrected chi connectivity index (χ3v) is 1.65. The minimum absolute atomic E-state index is 0.0390. The fourth-order valence-corrected chi connectivity index (χ4v) is 0.579. The predicted molar refractivity (Wildman–Crippen MR) is 43.5 cm³/mol. The number of carbonyl (C=O) groups is 2. The molecule has 3 N–H and O–H groups in total. The number of carboxylic acids is 1. The number of amides is 1. The van der Waals surface area contributed by atoms with Crippen molar-refractivity contribution in [2.45, 2.75) is 25.9 Å². The fourth-order valence-electron chi connectivity index (χ4n) is 0.579. The van der Waals surface area contributed by atoms with Crippen LogP contribution in [-0.2, 0) is 9.59 Å². The SMILES string of the molecule is CC(C)N(C)C(=O)C(N)C(=O)O. The molecule has 0 rings (SSSR count). The Morgan fingerprint density at radius 3 is 2.08 bits per heavy atom. The summed E-state index contributed by atoms with van der Waals surface area (Å²) in [5.74, 6) is -1.87. The second kappa shape index (κ2) is 4.06. The monoisotopic (exact) mass is 174 g/mol. The van der Waals surface area contributed by atoms with Crippen LogP contribution in [0.2, 0.25) is 0 Å². The fraction of sp³-hybridized carbons (Fsp3) is 0.714. The van der Waals surface area contributed by atoms with Crippen LogP contribution in [0.25, 0.3) is 0 Å². The van der Waals surface area contributed by atoms with E-state index >= 15 is 0 Å². The normalized spacial score (nSPS) is 12.8. The van der Waals surface area contributed by atoms with Crippen LogP contribution in [0.15, 0.2) is 0 Å². The van der Waals surface area contributed by atoms with E-state index in [0.29, 0.717) is 0 Å². The second-order valence-electron chi connectivity index (χ2n) is 2.86. The number of nitrogens with two attached hydrogens (primary N) is 1. The van der Waals surface area contributed by atoms with Gasteiger partial charge in [0.2, 0.25) is 0 Å². The van der Waals surface area contributed by atoms with Gasteiger partial charge in [0.15, 0.2) is 6.04 Å². The molecule has 0 spiro atoms. The van der Waals surface area contributed by atoms with Gasteiger partial charge in [-0.1, -0.05) is 0 Å². The van der Waals surface area contributed by atoms with Crippen LogP contribution in [0.1, 0.15) is 13.8 Å². The van der Waals surface area contributed by atoms with E-state index in [0.717, 1.165) is 0 Å². The van der Waals surface area contributed by atoms with E-state index in [1.165, 1.54) is 11.9 Å². The Bertz CT molecular complexity index is 191. The lowest BCUT2D eigenvalue weighted by atomic mass is 10.2. The van der Waals surface area contributed by atoms with Crippen LogP contribution in [-0.4, -0.2) is 41.0 Å². The van der Waals surface area contributed by atoms with Gasteiger partial charge in [-0.15, -0.1) is 0 Å². The highest BCUT2D eigenvalue weighted by atomic mass is 16.4. The van der Waals surface area contributed by atoms with Gasteiger partial charge in [-0.3, -0.25) is 4.79 Å². The molecule has 0 aliphatic rings. The number of hydrogen-bond donors (Lipinski definition) is 2. The van der Waals surface area contributed by atoms with E-state index in [1.807, 2.05) is 0 Å². The summed E-state index contributed by atoms with van der Waals surface area (Å²) in [7, 11) is 1.52. The Morgan fingerprint density at radius 2 is 1.83 bits per heavy atom. The second-order valence-corrected chi connectivity index (χ2v) is 2.86. The van der Waals surface area contributed by atoms with Crippen molar-refractivity contribution in [1.82, 2.24) is 4.90 Å². The quantitative estimate of drug-likeness (QED) is 0.552. The molecule has 0 radical (unpaired) electrons. The van der Waals surface area contributed by atoms with Crippen molar-refractivity contribution in [2.75, 3.05) is 7.05 Å². The summed E-state index contributed by atoms with van der Waals surface area (Å²) in [6.45, 7) is 3.57. The molecule has 0 heterocycles. The summed E-state index contributed by atoms with van der Waals surface area (Å²) < 4.78 is 0. The molecule has 0 aromatic carbocycles. The molecule has 70 valence electrons. The maximum Gasteiger partial charge on any atom is 0.330 e. The van der Waals surface area contributed by atoms with Gasteiger partial charge in [0.05, 0.1) is 0 Å². The minimum atomic E-state index is -1.45. The topological polar surface area (TPSA) is 83.6 Å². The van der Waals surface area contributed by atoms with Gasteiger partial charge < -0.3 is 15.7 Å². The Labute approximate surface area is 71.1 Å². The van der Waals surface area contributed by atoms with Gasteiger partial charge in [-0.05, 0) is 13.8 Å². The van der Waals surface area contributed by atoms with E-state index in [2.05, 4.69) is 0 Å². The summed E-state index contributed by atoms with van der Waals surface area (Å²) in [5, 5.41) is 8.41. The van der Waals surface area contributed by atoms with Crippen LogP contribution < -0.4 is 5.73 Å². The first-order valence-electron chi connectivity index (χ1n) is 3.63. The van der Waals surface area contributed by atoms with Crippen molar-refractivity contribution >= 4 is 11.9 Å². The van der Waals surface area contributed by atoms with Crippen molar-refractivity contribution in [2.24, 2.45) is 5.73 Å². The molecule has 5 heteroatoms. The lowest BCUT2D eigenvalue weighted by molar-refractivity contribution is -0.146. The average molecular weight is 174 g/mol.